The monoisotopic (exact) mass is 627 g/mol. The van der Waals surface area contributed by atoms with Crippen LogP contribution >= 0.6 is 0 Å². The fourth-order valence-electron chi connectivity index (χ4n) is 3.17. The van der Waals surface area contributed by atoms with E-state index in [1.807, 2.05) is 13.8 Å². The number of ether oxygens (including phenoxy) is 1. The Morgan fingerprint density at radius 1 is 1.03 bits per heavy atom. The molecule has 1 aromatic carbocycles. The maximum atomic E-state index is 12.0. The van der Waals surface area contributed by atoms with Crippen molar-refractivity contribution >= 4 is 35.1 Å². The smallest absolute Gasteiger partial charge is 0.651 e. The van der Waals surface area contributed by atoms with Crippen LogP contribution < -0.4 is 116 Å². The summed E-state index contributed by atoms with van der Waals surface area (Å²) in [6, 6.07) is 6.49. The van der Waals surface area contributed by atoms with Crippen LogP contribution in [-0.4, -0.2) is 60.6 Å². The number of hydrogen-bond acceptors (Lipinski definition) is 6. The largest absolute Gasteiger partial charge is 1.00 e. The first kappa shape index (κ1) is 35.5. The Morgan fingerprint density at radius 3 is 2.29 bits per heavy atom. The zero-order chi connectivity index (χ0) is 24.2. The number of ketones is 1. The van der Waals surface area contributed by atoms with Crippen molar-refractivity contribution in [2.45, 2.75) is 52.4 Å². The summed E-state index contributed by atoms with van der Waals surface area (Å²) in [6.45, 7) is 5.30. The molecule has 0 saturated carbocycles. The van der Waals surface area contributed by atoms with Gasteiger partial charge in [0.25, 0.3) is 0 Å². The van der Waals surface area contributed by atoms with Gasteiger partial charge in [-0.15, -0.1) is 12.2 Å². The molecule has 9 nitrogen and oxygen atoms in total. The maximum absolute atomic E-state index is 12.0. The van der Waals surface area contributed by atoms with Gasteiger partial charge in [0.2, 0.25) is 11.8 Å². The van der Waals surface area contributed by atoms with E-state index in [1.54, 1.807) is 24.3 Å². The van der Waals surface area contributed by atoms with E-state index < -0.39 is 18.2 Å². The van der Waals surface area contributed by atoms with E-state index in [-0.39, 0.29) is 154 Å². The number of Topliss-reactive ketones (excluding diaryl/α,β-unsaturated/α-hetero) is 1. The Morgan fingerprint density at radius 2 is 1.71 bits per heavy atom. The standard InChI is InChI=1S/C24H33N3O6.2Rb/c1-17(2)14-20(28)4-3-12-33-13-10-25-21(29)16-22(30)26-19-7-5-18(6-8-19)15-24(32)27-11-9-23(27)31;;/h5-8,17H,3-4,9-16H2,1-2H3,(H2,25,26,29,30);;/q;2*+1/p-2. The molecule has 35 heavy (non-hydrogen) atoms. The van der Waals surface area contributed by atoms with Gasteiger partial charge in [-0.1, -0.05) is 38.1 Å². The van der Waals surface area contributed by atoms with Gasteiger partial charge in [-0.25, -0.2) is 0 Å². The Kier molecular flexibility index (Phi) is 19.9. The van der Waals surface area contributed by atoms with Gasteiger partial charge in [-0.05, 0) is 17.9 Å². The maximum Gasteiger partial charge on any atom is 1.00 e. The van der Waals surface area contributed by atoms with Crippen LogP contribution in [0.4, 0.5) is 5.69 Å². The summed E-state index contributed by atoms with van der Waals surface area (Å²) in [5.74, 6) is -1.00. The molecule has 0 N–H and O–H groups in total. The number of carbonyl (C=O) groups excluding carboxylic acids is 5. The minimum absolute atomic E-state index is 0. The van der Waals surface area contributed by atoms with Crippen LogP contribution in [0.1, 0.15) is 51.5 Å². The van der Waals surface area contributed by atoms with Crippen LogP contribution in [0.3, 0.4) is 0 Å². The molecule has 11 heteroatoms. The van der Waals surface area contributed by atoms with Crippen LogP contribution in [-0.2, 0) is 35.1 Å². The van der Waals surface area contributed by atoms with Crippen LogP contribution in [0.2, 0.25) is 0 Å². The summed E-state index contributed by atoms with van der Waals surface area (Å²) in [7, 11) is 0. The SMILES string of the molecule is CC(C)CC(=O)CCCOCC[N-]C(=O)CC(=O)[N-]c1ccc(CC(=O)N2CCC2=O)cc1.[Rb+].[Rb+]. The Hall–Kier alpha value is 0.540. The molecule has 0 radical (unpaired) electrons. The average Bonchev–Trinajstić information content (AvgIpc) is 2.72. The van der Waals surface area contributed by atoms with Gasteiger partial charge in [0.05, 0.1) is 18.2 Å². The second kappa shape index (κ2) is 19.6. The van der Waals surface area contributed by atoms with Gasteiger partial charge in [-0.3, -0.25) is 19.3 Å². The molecule has 1 saturated heterocycles. The van der Waals surface area contributed by atoms with Crippen LogP contribution in [0.25, 0.3) is 10.6 Å². The number of β-lactam (4-membered cyclic amide) rings is 1. The van der Waals surface area contributed by atoms with Gasteiger partial charge >= 0.3 is 116 Å². The number of rotatable bonds is 14. The molecule has 0 atom stereocenters. The van der Waals surface area contributed by atoms with Crippen molar-refractivity contribution in [1.82, 2.24) is 4.90 Å². The summed E-state index contributed by atoms with van der Waals surface area (Å²) in [4.78, 5) is 59.8. The summed E-state index contributed by atoms with van der Waals surface area (Å²) >= 11 is 0. The Bertz CT molecular complexity index is 861. The number of hydrogen-bond donors (Lipinski definition) is 0. The molecule has 1 aromatic rings. The molecule has 180 valence electrons. The number of imide groups is 1. The second-order valence-electron chi connectivity index (χ2n) is 8.34. The fourth-order valence-corrected chi connectivity index (χ4v) is 3.17. The summed E-state index contributed by atoms with van der Waals surface area (Å²) in [5, 5.41) is 7.65. The molecule has 1 aliphatic rings. The second-order valence-corrected chi connectivity index (χ2v) is 8.34. The average molecular weight is 628 g/mol. The predicted molar refractivity (Wildman–Crippen MR) is 122 cm³/mol. The third-order valence-corrected chi connectivity index (χ3v) is 4.90. The first-order chi connectivity index (χ1) is 15.7. The number of amides is 4. The third-order valence-electron chi connectivity index (χ3n) is 4.90. The Labute approximate surface area is 304 Å². The van der Waals surface area contributed by atoms with Crippen molar-refractivity contribution in [2.24, 2.45) is 5.92 Å². The van der Waals surface area contributed by atoms with E-state index >= 15 is 0 Å². The van der Waals surface area contributed by atoms with Crippen molar-refractivity contribution in [2.75, 3.05) is 26.3 Å². The van der Waals surface area contributed by atoms with E-state index in [9.17, 15) is 24.0 Å². The number of likely N-dealkylation sites (tertiary alicyclic amines) is 1. The van der Waals surface area contributed by atoms with Gasteiger partial charge in [-0.2, -0.15) is 0 Å². The molecule has 1 aliphatic heterocycles. The molecule has 2 rings (SSSR count). The quantitative estimate of drug-likeness (QED) is 0.125. The first-order valence-corrected chi connectivity index (χ1v) is 11.2. The molecule has 0 spiro atoms. The normalized spacial score (nSPS) is 12.2. The molecule has 0 bridgehead atoms. The zero-order valence-electron chi connectivity index (χ0n) is 21.2. The van der Waals surface area contributed by atoms with E-state index in [4.69, 9.17) is 4.74 Å². The zero-order valence-corrected chi connectivity index (χ0v) is 31.1. The molecule has 1 heterocycles. The topological polar surface area (TPSA) is 126 Å². The van der Waals surface area contributed by atoms with Crippen molar-refractivity contribution in [3.05, 3.63) is 40.5 Å². The summed E-state index contributed by atoms with van der Waals surface area (Å²) in [6.07, 6.45) is 1.78. The van der Waals surface area contributed by atoms with Crippen LogP contribution in [0, 0.1) is 5.92 Å². The van der Waals surface area contributed by atoms with Crippen LogP contribution in [0.15, 0.2) is 24.3 Å². The molecular formula is C24H31N3O6Rb2. The predicted octanol–water partition coefficient (Wildman–Crippen LogP) is -2.77. The van der Waals surface area contributed by atoms with Crippen molar-refractivity contribution < 1.29 is 145 Å². The number of benzene rings is 1. The van der Waals surface area contributed by atoms with E-state index in [2.05, 4.69) is 10.6 Å². The minimum Gasteiger partial charge on any atom is -0.651 e. The Balaban J connectivity index is 0.00000578. The van der Waals surface area contributed by atoms with Gasteiger partial charge in [0.1, 0.15) is 5.78 Å². The molecule has 0 unspecified atom stereocenters. The van der Waals surface area contributed by atoms with Gasteiger partial charge in [0.15, 0.2) is 0 Å². The van der Waals surface area contributed by atoms with Gasteiger partial charge < -0.3 is 25.0 Å². The molecular weight excluding hydrogens is 597 g/mol. The summed E-state index contributed by atoms with van der Waals surface area (Å²) in [5.41, 5.74) is 1.08. The molecule has 0 aromatic heterocycles. The van der Waals surface area contributed by atoms with Crippen LogP contribution in [0.5, 0.6) is 0 Å². The molecule has 1 fully saturated rings. The van der Waals surface area contributed by atoms with E-state index in [0.29, 0.717) is 56.0 Å². The molecule has 0 aliphatic carbocycles. The minimum atomic E-state index is -0.608. The van der Waals surface area contributed by atoms with E-state index in [0.717, 1.165) is 0 Å². The number of carbonyl (C=O) groups is 5. The fraction of sp³-hybridized carbons (Fsp3) is 0.542. The third kappa shape index (κ3) is 14.9. The molecule has 4 amide bonds. The van der Waals surface area contributed by atoms with Crippen molar-refractivity contribution in [3.8, 4) is 0 Å². The number of nitrogens with zero attached hydrogens (tertiary/aromatic N) is 3. The van der Waals surface area contributed by atoms with Crippen molar-refractivity contribution in [1.29, 1.82) is 0 Å². The van der Waals surface area contributed by atoms with Gasteiger partial charge in [0, 0.05) is 45.4 Å². The van der Waals surface area contributed by atoms with E-state index in [1.165, 1.54) is 4.90 Å². The van der Waals surface area contributed by atoms with Crippen molar-refractivity contribution in [3.63, 3.8) is 0 Å². The summed E-state index contributed by atoms with van der Waals surface area (Å²) < 4.78 is 5.36. The first-order valence-electron chi connectivity index (χ1n) is 11.2.